The van der Waals surface area contributed by atoms with E-state index >= 15 is 0 Å². The van der Waals surface area contributed by atoms with Crippen LogP contribution in [0.4, 0.5) is 4.39 Å². The van der Waals surface area contributed by atoms with E-state index in [1.54, 1.807) is 18.5 Å². The molecule has 1 aromatic heterocycles. The van der Waals surface area contributed by atoms with E-state index in [2.05, 4.69) is 31.2 Å². The van der Waals surface area contributed by atoms with Crippen molar-refractivity contribution in [2.75, 3.05) is 0 Å². The summed E-state index contributed by atoms with van der Waals surface area (Å²) in [5, 5.41) is 3.28. The van der Waals surface area contributed by atoms with E-state index in [9.17, 15) is 4.39 Å². The number of rotatable bonds is 4. The summed E-state index contributed by atoms with van der Waals surface area (Å²) in [6.45, 7) is 2.59. The fourth-order valence-corrected chi connectivity index (χ4v) is 1.94. The molecule has 0 amide bonds. The number of nitrogens with one attached hydrogen (secondary N) is 2. The molecule has 2 rings (SSSR count). The molecule has 0 aliphatic carbocycles. The number of hydrogen-bond donors (Lipinski definition) is 2. The van der Waals surface area contributed by atoms with Crippen LogP contribution in [0.2, 0.25) is 0 Å². The quantitative estimate of drug-likeness (QED) is 0.910. The fourth-order valence-electron chi connectivity index (χ4n) is 1.55. The number of aromatic amines is 1. The van der Waals surface area contributed by atoms with Crippen LogP contribution in [0.1, 0.15) is 24.4 Å². The minimum absolute atomic E-state index is 0.0974. The second kappa shape index (κ2) is 5.42. The number of hydrogen-bond acceptors (Lipinski definition) is 2. The Hall–Kier alpha value is -1.20. The molecular weight excluding hydrogens is 285 g/mol. The Morgan fingerprint density at radius 1 is 1.53 bits per heavy atom. The molecule has 1 heterocycles. The lowest BCUT2D eigenvalue weighted by atomic mass is 10.2. The van der Waals surface area contributed by atoms with Crippen LogP contribution in [-0.2, 0) is 6.54 Å². The van der Waals surface area contributed by atoms with Crippen LogP contribution < -0.4 is 5.32 Å². The van der Waals surface area contributed by atoms with Gasteiger partial charge in [0.25, 0.3) is 0 Å². The highest BCUT2D eigenvalue weighted by atomic mass is 79.9. The molecule has 0 radical (unpaired) electrons. The molecule has 1 unspecified atom stereocenters. The molecule has 5 heteroatoms. The average molecular weight is 298 g/mol. The van der Waals surface area contributed by atoms with Crippen molar-refractivity contribution in [1.82, 2.24) is 15.3 Å². The second-order valence-electron chi connectivity index (χ2n) is 3.81. The van der Waals surface area contributed by atoms with Crippen LogP contribution in [0.25, 0.3) is 0 Å². The van der Waals surface area contributed by atoms with Crippen molar-refractivity contribution in [2.45, 2.75) is 19.5 Å². The van der Waals surface area contributed by atoms with E-state index in [0.717, 1.165) is 15.9 Å². The van der Waals surface area contributed by atoms with Crippen molar-refractivity contribution in [3.05, 3.63) is 52.3 Å². The van der Waals surface area contributed by atoms with Gasteiger partial charge in [0.15, 0.2) is 0 Å². The Kier molecular flexibility index (Phi) is 3.91. The first-order valence-corrected chi connectivity index (χ1v) is 6.12. The molecule has 0 saturated heterocycles. The maximum atomic E-state index is 13.1. The Morgan fingerprint density at radius 2 is 2.35 bits per heavy atom. The van der Waals surface area contributed by atoms with Gasteiger partial charge in [-0.2, -0.15) is 0 Å². The first-order valence-electron chi connectivity index (χ1n) is 5.33. The summed E-state index contributed by atoms with van der Waals surface area (Å²) in [7, 11) is 0. The molecule has 1 aromatic carbocycles. The summed E-state index contributed by atoms with van der Waals surface area (Å²) in [6.07, 6.45) is 3.50. The fraction of sp³-hybridized carbons (Fsp3) is 0.250. The van der Waals surface area contributed by atoms with E-state index in [1.165, 1.54) is 12.1 Å². The average Bonchev–Trinajstić information content (AvgIpc) is 2.83. The Morgan fingerprint density at radius 3 is 3.06 bits per heavy atom. The maximum absolute atomic E-state index is 13.1. The van der Waals surface area contributed by atoms with Gasteiger partial charge in [0.2, 0.25) is 0 Å². The SMILES string of the molecule is CC(NCc1cc(F)ccc1Br)c1ncc[nH]1. The Balaban J connectivity index is 2.00. The summed E-state index contributed by atoms with van der Waals surface area (Å²) in [6, 6.07) is 4.76. The van der Waals surface area contributed by atoms with Crippen LogP contribution in [0.3, 0.4) is 0 Å². The van der Waals surface area contributed by atoms with E-state index < -0.39 is 0 Å². The molecule has 0 spiro atoms. The molecule has 3 nitrogen and oxygen atoms in total. The van der Waals surface area contributed by atoms with E-state index in [-0.39, 0.29) is 11.9 Å². The zero-order valence-electron chi connectivity index (χ0n) is 9.37. The lowest BCUT2D eigenvalue weighted by Crippen LogP contribution is -2.19. The predicted octanol–water partition coefficient (Wildman–Crippen LogP) is 3.16. The van der Waals surface area contributed by atoms with Gasteiger partial charge in [0.05, 0.1) is 6.04 Å². The third-order valence-electron chi connectivity index (χ3n) is 2.54. The molecule has 0 saturated carbocycles. The van der Waals surface area contributed by atoms with Crippen molar-refractivity contribution < 1.29 is 4.39 Å². The minimum Gasteiger partial charge on any atom is -0.347 e. The summed E-state index contributed by atoms with van der Waals surface area (Å²) in [5.41, 5.74) is 0.892. The van der Waals surface area contributed by atoms with E-state index in [4.69, 9.17) is 0 Å². The monoisotopic (exact) mass is 297 g/mol. The molecule has 0 aliphatic rings. The van der Waals surface area contributed by atoms with Gasteiger partial charge in [0, 0.05) is 23.4 Å². The zero-order valence-corrected chi connectivity index (χ0v) is 11.0. The van der Waals surface area contributed by atoms with Gasteiger partial charge in [-0.1, -0.05) is 15.9 Å². The molecule has 0 bridgehead atoms. The van der Waals surface area contributed by atoms with Gasteiger partial charge < -0.3 is 10.3 Å². The zero-order chi connectivity index (χ0) is 12.3. The van der Waals surface area contributed by atoms with Crippen molar-refractivity contribution >= 4 is 15.9 Å². The first-order chi connectivity index (χ1) is 8.16. The molecule has 0 fully saturated rings. The number of aromatic nitrogens is 2. The normalized spacial score (nSPS) is 12.6. The summed E-state index contributed by atoms with van der Waals surface area (Å²) in [5.74, 6) is 0.646. The molecule has 17 heavy (non-hydrogen) atoms. The van der Waals surface area contributed by atoms with Crippen molar-refractivity contribution in [3.63, 3.8) is 0 Å². The second-order valence-corrected chi connectivity index (χ2v) is 4.67. The smallest absolute Gasteiger partial charge is 0.123 e. The van der Waals surface area contributed by atoms with Crippen LogP contribution in [0.15, 0.2) is 35.1 Å². The number of H-pyrrole nitrogens is 1. The highest BCUT2D eigenvalue weighted by Crippen LogP contribution is 2.18. The molecule has 2 aromatic rings. The first kappa shape index (κ1) is 12.3. The lowest BCUT2D eigenvalue weighted by molar-refractivity contribution is 0.546. The van der Waals surface area contributed by atoms with E-state index in [0.29, 0.717) is 6.54 Å². The van der Waals surface area contributed by atoms with Gasteiger partial charge in [0.1, 0.15) is 11.6 Å². The molecule has 1 atom stereocenters. The lowest BCUT2D eigenvalue weighted by Gasteiger charge is -2.12. The third kappa shape index (κ3) is 3.14. The summed E-state index contributed by atoms with van der Waals surface area (Å²) in [4.78, 5) is 7.20. The highest BCUT2D eigenvalue weighted by molar-refractivity contribution is 9.10. The van der Waals surface area contributed by atoms with Crippen molar-refractivity contribution in [2.24, 2.45) is 0 Å². The largest absolute Gasteiger partial charge is 0.347 e. The predicted molar refractivity (Wildman–Crippen MR) is 67.9 cm³/mol. The summed E-state index contributed by atoms with van der Waals surface area (Å²) < 4.78 is 14.0. The van der Waals surface area contributed by atoms with Crippen LogP contribution in [0.5, 0.6) is 0 Å². The Labute approximate surface area is 108 Å². The highest BCUT2D eigenvalue weighted by Gasteiger charge is 2.08. The molecule has 2 N–H and O–H groups in total. The summed E-state index contributed by atoms with van der Waals surface area (Å²) >= 11 is 3.40. The van der Waals surface area contributed by atoms with Gasteiger partial charge in [-0.3, -0.25) is 0 Å². The number of benzene rings is 1. The van der Waals surface area contributed by atoms with Crippen molar-refractivity contribution in [3.8, 4) is 0 Å². The Bertz CT molecular complexity index is 485. The van der Waals surface area contributed by atoms with Crippen LogP contribution in [0, 0.1) is 5.82 Å². The van der Waals surface area contributed by atoms with Gasteiger partial charge >= 0.3 is 0 Å². The number of halogens is 2. The molecule has 90 valence electrons. The number of imidazole rings is 1. The van der Waals surface area contributed by atoms with Gasteiger partial charge in [-0.25, -0.2) is 9.37 Å². The topological polar surface area (TPSA) is 40.7 Å². The maximum Gasteiger partial charge on any atom is 0.123 e. The van der Waals surface area contributed by atoms with Gasteiger partial charge in [-0.15, -0.1) is 0 Å². The third-order valence-corrected chi connectivity index (χ3v) is 3.31. The van der Waals surface area contributed by atoms with Crippen LogP contribution >= 0.6 is 15.9 Å². The van der Waals surface area contributed by atoms with E-state index in [1.807, 2.05) is 6.92 Å². The number of nitrogens with zero attached hydrogens (tertiary/aromatic N) is 1. The standard InChI is InChI=1S/C12H13BrFN3/c1-8(12-15-4-5-16-12)17-7-9-6-10(14)2-3-11(9)13/h2-6,8,17H,7H2,1H3,(H,15,16). The molecular formula is C12H13BrFN3. The van der Waals surface area contributed by atoms with Crippen molar-refractivity contribution in [1.29, 1.82) is 0 Å². The van der Waals surface area contributed by atoms with Crippen LogP contribution in [-0.4, -0.2) is 9.97 Å². The van der Waals surface area contributed by atoms with Gasteiger partial charge in [-0.05, 0) is 30.7 Å². The molecule has 0 aliphatic heterocycles. The minimum atomic E-state index is -0.226.